The number of thiophene rings is 1. The summed E-state index contributed by atoms with van der Waals surface area (Å²) in [4.78, 5) is 11.7. The molecule has 1 heterocycles. The van der Waals surface area contributed by atoms with E-state index in [2.05, 4.69) is 13.0 Å². The molecule has 0 bridgehead atoms. The van der Waals surface area contributed by atoms with Crippen LogP contribution in [0.3, 0.4) is 0 Å². The van der Waals surface area contributed by atoms with Crippen LogP contribution in [0.5, 0.6) is 0 Å². The molecule has 1 aromatic heterocycles. The van der Waals surface area contributed by atoms with Crippen LogP contribution in [0.25, 0.3) is 11.1 Å². The molecule has 0 saturated heterocycles. The third kappa shape index (κ3) is 2.11. The van der Waals surface area contributed by atoms with Gasteiger partial charge < -0.3 is 10.5 Å². The monoisotopic (exact) mass is 261 g/mol. The average Bonchev–Trinajstić information content (AvgIpc) is 2.74. The molecular formula is C14H15NO2S. The molecule has 94 valence electrons. The van der Waals surface area contributed by atoms with E-state index >= 15 is 0 Å². The number of esters is 1. The Morgan fingerprint density at radius 2 is 2.00 bits per heavy atom. The standard InChI is InChI=1S/C14H15NO2S/c1-8-4-5-10(6-9(8)2)11-7-18-13(15)12(11)14(16)17-3/h4-7H,15H2,1-3H3. The number of benzene rings is 1. The number of carbonyl (C=O) groups is 1. The van der Waals surface area contributed by atoms with Gasteiger partial charge in [-0.3, -0.25) is 0 Å². The minimum Gasteiger partial charge on any atom is -0.465 e. The molecule has 0 aliphatic heterocycles. The Labute approximate surface area is 110 Å². The minimum absolute atomic E-state index is 0.387. The van der Waals surface area contributed by atoms with Gasteiger partial charge in [-0.2, -0.15) is 0 Å². The number of rotatable bonds is 2. The van der Waals surface area contributed by atoms with E-state index in [1.165, 1.54) is 29.6 Å². The van der Waals surface area contributed by atoms with E-state index in [1.807, 2.05) is 24.4 Å². The molecule has 1 aromatic carbocycles. The van der Waals surface area contributed by atoms with Gasteiger partial charge in [0.05, 0.1) is 7.11 Å². The summed E-state index contributed by atoms with van der Waals surface area (Å²) in [5.41, 5.74) is 10.5. The maximum atomic E-state index is 11.7. The summed E-state index contributed by atoms with van der Waals surface area (Å²) in [5.74, 6) is -0.387. The van der Waals surface area contributed by atoms with E-state index in [9.17, 15) is 4.79 Å². The Morgan fingerprint density at radius 1 is 1.28 bits per heavy atom. The van der Waals surface area contributed by atoms with Crippen LogP contribution in [0.2, 0.25) is 0 Å². The molecule has 0 amide bonds. The molecule has 2 N–H and O–H groups in total. The van der Waals surface area contributed by atoms with Crippen molar-refractivity contribution in [2.45, 2.75) is 13.8 Å². The van der Waals surface area contributed by atoms with Crippen molar-refractivity contribution < 1.29 is 9.53 Å². The number of anilines is 1. The van der Waals surface area contributed by atoms with Crippen LogP contribution in [0, 0.1) is 13.8 Å². The Morgan fingerprint density at radius 3 is 2.61 bits per heavy atom. The molecule has 0 radical (unpaired) electrons. The van der Waals surface area contributed by atoms with Crippen LogP contribution in [-0.2, 0) is 4.74 Å². The zero-order valence-electron chi connectivity index (χ0n) is 10.6. The normalized spacial score (nSPS) is 10.4. The third-order valence-electron chi connectivity index (χ3n) is 3.03. The van der Waals surface area contributed by atoms with Gasteiger partial charge in [0.15, 0.2) is 0 Å². The first-order valence-corrected chi connectivity index (χ1v) is 6.45. The van der Waals surface area contributed by atoms with Crippen LogP contribution >= 0.6 is 11.3 Å². The number of aryl methyl sites for hydroxylation is 2. The lowest BCUT2D eigenvalue weighted by molar-refractivity contribution is 0.0603. The van der Waals surface area contributed by atoms with E-state index in [4.69, 9.17) is 10.5 Å². The van der Waals surface area contributed by atoms with E-state index in [0.717, 1.165) is 11.1 Å². The molecule has 3 nitrogen and oxygen atoms in total. The number of nitrogens with two attached hydrogens (primary N) is 1. The summed E-state index contributed by atoms with van der Waals surface area (Å²) >= 11 is 1.36. The fraction of sp³-hybridized carbons (Fsp3) is 0.214. The Bertz CT molecular complexity index is 602. The number of methoxy groups -OCH3 is 1. The number of ether oxygens (including phenoxy) is 1. The van der Waals surface area contributed by atoms with Crippen molar-refractivity contribution in [2.75, 3.05) is 12.8 Å². The zero-order chi connectivity index (χ0) is 13.3. The van der Waals surface area contributed by atoms with Crippen LogP contribution in [0.15, 0.2) is 23.6 Å². The second-order valence-electron chi connectivity index (χ2n) is 4.18. The van der Waals surface area contributed by atoms with Gasteiger partial charge in [-0.1, -0.05) is 18.2 Å². The smallest absolute Gasteiger partial charge is 0.341 e. The quantitative estimate of drug-likeness (QED) is 0.843. The lowest BCUT2D eigenvalue weighted by Crippen LogP contribution is -2.04. The van der Waals surface area contributed by atoms with Crippen LogP contribution < -0.4 is 5.73 Å². The first kappa shape index (κ1) is 12.6. The molecule has 0 fully saturated rings. The Hall–Kier alpha value is -1.81. The number of nitrogen functional groups attached to an aromatic ring is 1. The van der Waals surface area contributed by atoms with Crippen LogP contribution in [0.1, 0.15) is 21.5 Å². The maximum Gasteiger partial charge on any atom is 0.341 e. The van der Waals surface area contributed by atoms with Crippen molar-refractivity contribution in [2.24, 2.45) is 0 Å². The molecule has 0 atom stereocenters. The van der Waals surface area contributed by atoms with Crippen molar-refractivity contribution in [3.8, 4) is 11.1 Å². The lowest BCUT2D eigenvalue weighted by Gasteiger charge is -2.06. The summed E-state index contributed by atoms with van der Waals surface area (Å²) < 4.78 is 4.78. The predicted octanol–water partition coefficient (Wildman–Crippen LogP) is 3.40. The van der Waals surface area contributed by atoms with Crippen LogP contribution in [0.4, 0.5) is 5.00 Å². The largest absolute Gasteiger partial charge is 0.465 e. The highest BCUT2D eigenvalue weighted by atomic mass is 32.1. The minimum atomic E-state index is -0.387. The second kappa shape index (κ2) is 4.82. The van der Waals surface area contributed by atoms with Crippen molar-refractivity contribution in [3.05, 3.63) is 40.3 Å². The molecule has 2 rings (SSSR count). The second-order valence-corrected chi connectivity index (χ2v) is 5.09. The van der Waals surface area contributed by atoms with Gasteiger partial charge in [-0.25, -0.2) is 4.79 Å². The molecule has 0 aliphatic carbocycles. The summed E-state index contributed by atoms with van der Waals surface area (Å²) in [6.07, 6.45) is 0. The van der Waals surface area contributed by atoms with E-state index < -0.39 is 0 Å². The molecule has 0 aliphatic rings. The number of hydrogen-bond donors (Lipinski definition) is 1. The highest BCUT2D eigenvalue weighted by Crippen LogP contribution is 2.34. The predicted molar refractivity (Wildman–Crippen MR) is 75.0 cm³/mol. The van der Waals surface area contributed by atoms with E-state index in [-0.39, 0.29) is 5.97 Å². The van der Waals surface area contributed by atoms with Gasteiger partial charge in [0.2, 0.25) is 0 Å². The fourth-order valence-corrected chi connectivity index (χ4v) is 2.62. The SMILES string of the molecule is COC(=O)c1c(-c2ccc(C)c(C)c2)csc1N. The summed E-state index contributed by atoms with van der Waals surface area (Å²) in [5, 5.41) is 2.39. The number of carbonyl (C=O) groups excluding carboxylic acids is 1. The molecule has 0 saturated carbocycles. The van der Waals surface area contributed by atoms with Gasteiger partial charge in [0.1, 0.15) is 10.6 Å². The Balaban J connectivity index is 2.57. The average molecular weight is 261 g/mol. The molecule has 2 aromatic rings. The van der Waals surface area contributed by atoms with Crippen molar-refractivity contribution in [1.82, 2.24) is 0 Å². The van der Waals surface area contributed by atoms with Gasteiger partial charge >= 0.3 is 5.97 Å². The highest BCUT2D eigenvalue weighted by Gasteiger charge is 2.19. The van der Waals surface area contributed by atoms with Crippen molar-refractivity contribution >= 4 is 22.3 Å². The van der Waals surface area contributed by atoms with Crippen molar-refractivity contribution in [1.29, 1.82) is 0 Å². The van der Waals surface area contributed by atoms with Gasteiger partial charge in [0, 0.05) is 10.9 Å². The van der Waals surface area contributed by atoms with Crippen molar-refractivity contribution in [3.63, 3.8) is 0 Å². The first-order valence-electron chi connectivity index (χ1n) is 5.57. The summed E-state index contributed by atoms with van der Waals surface area (Å²) in [6, 6.07) is 6.10. The summed E-state index contributed by atoms with van der Waals surface area (Å²) in [6.45, 7) is 4.11. The van der Waals surface area contributed by atoms with Crippen LogP contribution in [-0.4, -0.2) is 13.1 Å². The first-order chi connectivity index (χ1) is 8.54. The van der Waals surface area contributed by atoms with Gasteiger partial charge in [-0.05, 0) is 30.5 Å². The third-order valence-corrected chi connectivity index (χ3v) is 3.84. The molecule has 4 heteroatoms. The molecule has 0 unspecified atom stereocenters. The van der Waals surface area contributed by atoms with E-state index in [1.54, 1.807) is 0 Å². The lowest BCUT2D eigenvalue weighted by atomic mass is 9.99. The number of hydrogen-bond acceptors (Lipinski definition) is 4. The molecular weight excluding hydrogens is 246 g/mol. The molecule has 0 spiro atoms. The molecule has 18 heavy (non-hydrogen) atoms. The van der Waals surface area contributed by atoms with Gasteiger partial charge in [-0.15, -0.1) is 11.3 Å². The highest BCUT2D eigenvalue weighted by molar-refractivity contribution is 7.14. The topological polar surface area (TPSA) is 52.3 Å². The zero-order valence-corrected chi connectivity index (χ0v) is 11.4. The summed E-state index contributed by atoms with van der Waals surface area (Å²) in [7, 11) is 1.36. The van der Waals surface area contributed by atoms with E-state index in [0.29, 0.717) is 10.6 Å². The fourth-order valence-electron chi connectivity index (χ4n) is 1.81. The van der Waals surface area contributed by atoms with Gasteiger partial charge in [0.25, 0.3) is 0 Å². The maximum absolute atomic E-state index is 11.7. The Kier molecular flexibility index (Phi) is 3.39.